The molecular weight excluding hydrogens is 208 g/mol. The van der Waals surface area contributed by atoms with Gasteiger partial charge in [0.2, 0.25) is 0 Å². The van der Waals surface area contributed by atoms with Crippen molar-refractivity contribution in [2.24, 2.45) is 0 Å². The highest BCUT2D eigenvalue weighted by molar-refractivity contribution is 4.65. The molecule has 0 heterocycles. The van der Waals surface area contributed by atoms with Gasteiger partial charge >= 0.3 is 0 Å². The molecule has 0 saturated heterocycles. The normalized spacial score (nSPS) is 7.44. The van der Waals surface area contributed by atoms with Crippen LogP contribution in [0.4, 0.5) is 0 Å². The van der Waals surface area contributed by atoms with E-state index in [0.717, 1.165) is 26.3 Å². The molecule has 100 valence electrons. The number of ether oxygens (including phenoxy) is 1. The first-order valence-electron chi connectivity index (χ1n) is 4.85. The van der Waals surface area contributed by atoms with Gasteiger partial charge in [-0.25, -0.2) is 0 Å². The maximum atomic E-state index is 5.29. The van der Waals surface area contributed by atoms with Crippen molar-refractivity contribution in [3.8, 4) is 0 Å². The van der Waals surface area contributed by atoms with Crippen LogP contribution in [0.3, 0.4) is 0 Å². The number of hydrogen-bond donors (Lipinski definition) is 1. The summed E-state index contributed by atoms with van der Waals surface area (Å²) in [6.07, 6.45) is 3.54. The topological polar surface area (TPSA) is 87.5 Å². The molecule has 0 atom stereocenters. The Morgan fingerprint density at radius 3 is 2.12 bits per heavy atom. The fourth-order valence-electron chi connectivity index (χ4n) is 0.576. The van der Waals surface area contributed by atoms with E-state index in [1.807, 2.05) is 25.9 Å². The fraction of sp³-hybridized carbons (Fsp3) is 0.636. The van der Waals surface area contributed by atoms with Crippen molar-refractivity contribution in [3.05, 3.63) is 25.4 Å². The Hall–Kier alpha value is -0.880. The maximum Gasteiger partial charge on any atom is 0.0641 e. The third-order valence-corrected chi connectivity index (χ3v) is 1.40. The van der Waals surface area contributed by atoms with E-state index in [4.69, 9.17) is 4.74 Å². The number of hydrogen-bond acceptors (Lipinski definition) is 3. The molecule has 16 heavy (non-hydrogen) atoms. The number of nitrogens with zero attached hydrogens (tertiary/aromatic N) is 1. The molecule has 0 radical (unpaired) electrons. The maximum absolute atomic E-state index is 5.29. The van der Waals surface area contributed by atoms with Gasteiger partial charge in [-0.05, 0) is 20.2 Å². The molecule has 0 aliphatic heterocycles. The van der Waals surface area contributed by atoms with Crippen molar-refractivity contribution in [2.75, 3.05) is 40.4 Å². The fourth-order valence-corrected chi connectivity index (χ4v) is 0.576. The number of nitrogens with one attached hydrogen (secondary N) is 1. The second kappa shape index (κ2) is 23.7. The molecule has 0 bridgehead atoms. The van der Waals surface area contributed by atoms with Gasteiger partial charge in [-0.3, -0.25) is 0 Å². The van der Waals surface area contributed by atoms with E-state index in [-0.39, 0.29) is 11.0 Å². The summed E-state index contributed by atoms with van der Waals surface area (Å²) in [5.41, 5.74) is 0. The number of likely N-dealkylation sites (N-methyl/N-ethyl adjacent to an activating group) is 2. The molecule has 5 nitrogen and oxygen atoms in total. The summed E-state index contributed by atoms with van der Waals surface area (Å²) in [5, 5.41) is 3.01. The predicted octanol–water partition coefficient (Wildman–Crippen LogP) is -0.159. The molecule has 5 N–H and O–H groups in total. The van der Waals surface area contributed by atoms with E-state index in [0.29, 0.717) is 0 Å². The van der Waals surface area contributed by atoms with Crippen LogP contribution in [0.25, 0.3) is 0 Å². The lowest BCUT2D eigenvalue weighted by atomic mass is 10.6. The van der Waals surface area contributed by atoms with Gasteiger partial charge in [0, 0.05) is 20.1 Å². The summed E-state index contributed by atoms with van der Waals surface area (Å²) in [6.45, 7) is 12.3. The molecule has 0 rings (SSSR count). The molecule has 5 heteroatoms. The number of rotatable bonds is 7. The zero-order valence-electron chi connectivity index (χ0n) is 10.8. The summed E-state index contributed by atoms with van der Waals surface area (Å²) in [4.78, 5) is 2.00. The van der Waals surface area contributed by atoms with Crippen LogP contribution in [0.5, 0.6) is 0 Å². The van der Waals surface area contributed by atoms with Crippen LogP contribution in [-0.4, -0.2) is 56.3 Å². The minimum absolute atomic E-state index is 0. The van der Waals surface area contributed by atoms with Crippen LogP contribution in [0.1, 0.15) is 6.92 Å². The lowest BCUT2D eigenvalue weighted by Crippen LogP contribution is -2.20. The first-order chi connectivity index (χ1) is 6.72. The molecule has 0 aliphatic carbocycles. The Bertz CT molecular complexity index is 132. The minimum atomic E-state index is 0. The van der Waals surface area contributed by atoms with Crippen LogP contribution >= 0.6 is 0 Å². The van der Waals surface area contributed by atoms with Gasteiger partial charge in [-0.1, -0.05) is 12.7 Å². The predicted molar refractivity (Wildman–Crippen MR) is 70.7 cm³/mol. The average molecular weight is 236 g/mol. The van der Waals surface area contributed by atoms with Gasteiger partial charge < -0.3 is 25.9 Å². The molecular formula is C11H28N2O3. The van der Waals surface area contributed by atoms with Crippen molar-refractivity contribution < 1.29 is 15.7 Å². The highest BCUT2D eigenvalue weighted by atomic mass is 16.5. The second-order valence-corrected chi connectivity index (χ2v) is 2.79. The number of allylic oxidation sites excluding steroid dienone is 1. The second-order valence-electron chi connectivity index (χ2n) is 2.79. The van der Waals surface area contributed by atoms with Gasteiger partial charge in [-0.15, -0.1) is 6.58 Å². The smallest absolute Gasteiger partial charge is 0.0641 e. The van der Waals surface area contributed by atoms with Crippen molar-refractivity contribution in [1.82, 2.24) is 10.2 Å². The monoisotopic (exact) mass is 236 g/mol. The van der Waals surface area contributed by atoms with Gasteiger partial charge in [0.1, 0.15) is 0 Å². The highest BCUT2D eigenvalue weighted by Gasteiger charge is 1.89. The molecule has 0 aliphatic rings. The Morgan fingerprint density at radius 2 is 1.75 bits per heavy atom. The average Bonchev–Trinajstić information content (AvgIpc) is 2.18. The Balaban J connectivity index is -0.000000129. The Labute approximate surface area is 99.4 Å². The quantitative estimate of drug-likeness (QED) is 0.492. The van der Waals surface area contributed by atoms with Gasteiger partial charge in [-0.2, -0.15) is 0 Å². The highest BCUT2D eigenvalue weighted by Crippen LogP contribution is 1.81. The first-order valence-corrected chi connectivity index (χ1v) is 4.85. The minimum Gasteiger partial charge on any atom is -0.412 e. The van der Waals surface area contributed by atoms with E-state index < -0.39 is 0 Å². The van der Waals surface area contributed by atoms with Crippen LogP contribution in [-0.2, 0) is 4.74 Å². The molecule has 0 aromatic carbocycles. The SMILES string of the molecule is C=CC.C=CN(C)CCOCCNC.O.O. The van der Waals surface area contributed by atoms with E-state index in [1.165, 1.54) is 0 Å². The molecule has 0 aromatic heterocycles. The lowest BCUT2D eigenvalue weighted by Gasteiger charge is -2.12. The van der Waals surface area contributed by atoms with Gasteiger partial charge in [0.15, 0.2) is 0 Å². The standard InChI is InChI=1S/C8H18N2O.C3H6.2H2O/c1-4-10(3)6-8-11-7-5-9-2;1-3-2;;/h4,9H,1,5-8H2,2-3H3;3H,1H2,2H3;2*1H2. The van der Waals surface area contributed by atoms with E-state index in [1.54, 1.807) is 12.3 Å². The van der Waals surface area contributed by atoms with Crippen molar-refractivity contribution in [1.29, 1.82) is 0 Å². The zero-order chi connectivity index (χ0) is 11.2. The van der Waals surface area contributed by atoms with Crippen LogP contribution in [0.15, 0.2) is 25.4 Å². The van der Waals surface area contributed by atoms with Gasteiger partial charge in [0.05, 0.1) is 13.2 Å². The van der Waals surface area contributed by atoms with Crippen molar-refractivity contribution in [3.63, 3.8) is 0 Å². The molecule has 0 amide bonds. The van der Waals surface area contributed by atoms with E-state index in [2.05, 4.69) is 18.5 Å². The molecule has 0 aromatic rings. The zero-order valence-corrected chi connectivity index (χ0v) is 10.8. The largest absolute Gasteiger partial charge is 0.412 e. The van der Waals surface area contributed by atoms with Crippen molar-refractivity contribution in [2.45, 2.75) is 6.92 Å². The Kier molecular flexibility index (Phi) is 36.2. The summed E-state index contributed by atoms with van der Waals surface area (Å²) in [6, 6.07) is 0. The molecule has 0 saturated carbocycles. The van der Waals surface area contributed by atoms with E-state index in [9.17, 15) is 0 Å². The summed E-state index contributed by atoms with van der Waals surface area (Å²) < 4.78 is 5.29. The summed E-state index contributed by atoms with van der Waals surface area (Å²) in [7, 11) is 3.90. The van der Waals surface area contributed by atoms with Crippen LogP contribution < -0.4 is 5.32 Å². The lowest BCUT2D eigenvalue weighted by molar-refractivity contribution is 0.124. The third-order valence-electron chi connectivity index (χ3n) is 1.40. The Morgan fingerprint density at radius 1 is 1.25 bits per heavy atom. The summed E-state index contributed by atoms with van der Waals surface area (Å²) >= 11 is 0. The summed E-state index contributed by atoms with van der Waals surface area (Å²) in [5.74, 6) is 0. The molecule has 0 unspecified atom stereocenters. The third kappa shape index (κ3) is 29.2. The molecule has 0 spiro atoms. The van der Waals surface area contributed by atoms with E-state index >= 15 is 0 Å². The van der Waals surface area contributed by atoms with Gasteiger partial charge in [0.25, 0.3) is 0 Å². The molecule has 0 fully saturated rings. The van der Waals surface area contributed by atoms with Crippen LogP contribution in [0.2, 0.25) is 0 Å². The van der Waals surface area contributed by atoms with Crippen LogP contribution in [0, 0.1) is 0 Å². The first kappa shape index (κ1) is 24.4. The van der Waals surface area contributed by atoms with Crippen molar-refractivity contribution >= 4 is 0 Å².